The third-order valence-electron chi connectivity index (χ3n) is 4.43. The van der Waals surface area contributed by atoms with Crippen LogP contribution in [0.25, 0.3) is 0 Å². The molecule has 0 aliphatic carbocycles. The molecule has 0 saturated carbocycles. The molecular weight excluding hydrogens is 384 g/mol. The Labute approximate surface area is 173 Å². The summed E-state index contributed by atoms with van der Waals surface area (Å²) < 4.78 is 16.1. The van der Waals surface area contributed by atoms with Crippen LogP contribution >= 0.6 is 12.4 Å². The number of carbonyl (C=O) groups is 1. The predicted octanol–water partition coefficient (Wildman–Crippen LogP) is 2.36. The number of halogens is 1. The van der Waals surface area contributed by atoms with Gasteiger partial charge < -0.3 is 24.2 Å². The van der Waals surface area contributed by atoms with Crippen LogP contribution in [-0.4, -0.2) is 80.2 Å². The van der Waals surface area contributed by atoms with Gasteiger partial charge in [0.15, 0.2) is 0 Å². The third kappa shape index (κ3) is 7.22. The number of piperazine rings is 1. The number of benzene rings is 1. The Bertz CT molecular complexity index is 621. The van der Waals surface area contributed by atoms with Crippen molar-refractivity contribution in [1.29, 1.82) is 0 Å². The van der Waals surface area contributed by atoms with Crippen LogP contribution in [0.4, 0.5) is 4.79 Å². The number of ether oxygens (including phenoxy) is 3. The first kappa shape index (κ1) is 24.1. The topological polar surface area (TPSA) is 71.5 Å². The maximum Gasteiger partial charge on any atom is 0.409 e. The van der Waals surface area contributed by atoms with Crippen molar-refractivity contribution in [1.82, 2.24) is 9.80 Å². The number of hydrogen-bond donors (Lipinski definition) is 1. The van der Waals surface area contributed by atoms with Crippen LogP contribution in [0.2, 0.25) is 0 Å². The zero-order valence-electron chi connectivity index (χ0n) is 16.6. The van der Waals surface area contributed by atoms with Crippen molar-refractivity contribution in [3.05, 3.63) is 36.4 Å². The summed E-state index contributed by atoms with van der Waals surface area (Å²) in [6, 6.07) is 5.60. The van der Waals surface area contributed by atoms with Crippen LogP contribution in [0.3, 0.4) is 0 Å². The van der Waals surface area contributed by atoms with Crippen molar-refractivity contribution in [2.24, 2.45) is 0 Å². The van der Waals surface area contributed by atoms with E-state index in [0.29, 0.717) is 45.8 Å². The van der Waals surface area contributed by atoms with Crippen molar-refractivity contribution in [2.45, 2.75) is 19.4 Å². The fraction of sp³-hybridized carbons (Fsp3) is 0.550. The van der Waals surface area contributed by atoms with Gasteiger partial charge >= 0.3 is 6.09 Å². The summed E-state index contributed by atoms with van der Waals surface area (Å²) in [6.45, 7) is 9.28. The summed E-state index contributed by atoms with van der Waals surface area (Å²) in [5.41, 5.74) is 0.972. The van der Waals surface area contributed by atoms with Crippen LogP contribution in [0.15, 0.2) is 30.9 Å². The van der Waals surface area contributed by atoms with Gasteiger partial charge in [0.25, 0.3) is 0 Å². The summed E-state index contributed by atoms with van der Waals surface area (Å²) in [5.74, 6) is 1.49. The van der Waals surface area contributed by atoms with Crippen molar-refractivity contribution >= 4 is 18.5 Å². The molecule has 1 aromatic carbocycles. The van der Waals surface area contributed by atoms with Gasteiger partial charge in [-0.15, -0.1) is 19.0 Å². The van der Waals surface area contributed by atoms with Crippen LogP contribution in [0, 0.1) is 0 Å². The lowest BCUT2D eigenvalue weighted by molar-refractivity contribution is 0.0406. The van der Waals surface area contributed by atoms with Gasteiger partial charge in [0.2, 0.25) is 0 Å². The maximum absolute atomic E-state index is 11.7. The van der Waals surface area contributed by atoms with Gasteiger partial charge in [0, 0.05) is 38.3 Å². The smallest absolute Gasteiger partial charge is 0.409 e. The zero-order chi connectivity index (χ0) is 19.6. The highest BCUT2D eigenvalue weighted by molar-refractivity contribution is 5.85. The lowest BCUT2D eigenvalue weighted by Gasteiger charge is -2.34. The molecular formula is C20H31ClN2O5. The quantitative estimate of drug-likeness (QED) is 0.625. The average Bonchev–Trinajstić information content (AvgIpc) is 2.68. The molecule has 8 heteroatoms. The molecule has 0 spiro atoms. The van der Waals surface area contributed by atoms with Crippen LogP contribution in [-0.2, 0) is 11.2 Å². The van der Waals surface area contributed by atoms with E-state index in [2.05, 4.69) is 11.5 Å². The fourth-order valence-corrected chi connectivity index (χ4v) is 3.00. The fourth-order valence-electron chi connectivity index (χ4n) is 3.00. The Balaban J connectivity index is 0.00000392. The normalized spacial score (nSPS) is 15.3. The minimum atomic E-state index is -0.613. The number of aliphatic hydroxyl groups excluding tert-OH is 1. The first-order valence-corrected chi connectivity index (χ1v) is 9.30. The van der Waals surface area contributed by atoms with E-state index in [-0.39, 0.29) is 25.1 Å². The first-order valence-electron chi connectivity index (χ1n) is 9.30. The number of rotatable bonds is 9. The highest BCUT2D eigenvalue weighted by Crippen LogP contribution is 2.25. The van der Waals surface area contributed by atoms with E-state index >= 15 is 0 Å². The lowest BCUT2D eigenvalue weighted by Crippen LogP contribution is -2.51. The Morgan fingerprint density at radius 1 is 1.32 bits per heavy atom. The van der Waals surface area contributed by atoms with E-state index in [4.69, 9.17) is 14.2 Å². The lowest BCUT2D eigenvalue weighted by atomic mass is 10.1. The molecule has 1 atom stereocenters. The average molecular weight is 415 g/mol. The van der Waals surface area contributed by atoms with E-state index in [1.807, 2.05) is 18.2 Å². The van der Waals surface area contributed by atoms with Gasteiger partial charge in [-0.25, -0.2) is 4.79 Å². The Morgan fingerprint density at radius 3 is 2.64 bits per heavy atom. The van der Waals surface area contributed by atoms with Gasteiger partial charge in [0.05, 0.1) is 13.7 Å². The second-order valence-corrected chi connectivity index (χ2v) is 6.42. The molecule has 1 aliphatic heterocycles. The molecule has 28 heavy (non-hydrogen) atoms. The number of aliphatic hydroxyl groups is 1. The van der Waals surface area contributed by atoms with Crippen molar-refractivity contribution in [2.75, 3.05) is 53.0 Å². The molecule has 158 valence electrons. The van der Waals surface area contributed by atoms with Crippen LogP contribution < -0.4 is 9.47 Å². The Kier molecular flexibility index (Phi) is 10.7. The number of nitrogens with zero attached hydrogens (tertiary/aromatic N) is 2. The molecule has 1 amide bonds. The monoisotopic (exact) mass is 414 g/mol. The van der Waals surface area contributed by atoms with Gasteiger partial charge in [-0.1, -0.05) is 6.08 Å². The molecule has 0 radical (unpaired) electrons. The summed E-state index contributed by atoms with van der Waals surface area (Å²) in [6.07, 6.45) is 1.59. The molecule has 0 bridgehead atoms. The molecule has 1 unspecified atom stereocenters. The van der Waals surface area contributed by atoms with Crippen LogP contribution in [0.1, 0.15) is 12.5 Å². The van der Waals surface area contributed by atoms with Gasteiger partial charge in [-0.05, 0) is 31.5 Å². The SMILES string of the molecule is C=CCc1cc(OC)ccc1OCC(O)CN1CCN(C(=O)OCC)CC1.Cl. The highest BCUT2D eigenvalue weighted by Gasteiger charge is 2.23. The number of amides is 1. The molecule has 1 aliphatic rings. The molecule has 1 N–H and O–H groups in total. The second-order valence-electron chi connectivity index (χ2n) is 6.42. The number of methoxy groups -OCH3 is 1. The maximum atomic E-state index is 11.7. The number of hydrogen-bond acceptors (Lipinski definition) is 6. The van der Waals surface area contributed by atoms with Gasteiger partial charge in [-0.3, -0.25) is 4.90 Å². The molecule has 1 heterocycles. The Morgan fingerprint density at radius 2 is 2.04 bits per heavy atom. The van der Waals surface area contributed by atoms with E-state index < -0.39 is 6.10 Å². The summed E-state index contributed by atoms with van der Waals surface area (Å²) in [4.78, 5) is 15.5. The van der Waals surface area contributed by atoms with Crippen molar-refractivity contribution in [3.63, 3.8) is 0 Å². The van der Waals surface area contributed by atoms with Gasteiger partial charge in [-0.2, -0.15) is 0 Å². The number of β-amino-alcohol motifs (C(OH)–C–C–N with tert-alkyl or cyclic N) is 1. The summed E-state index contributed by atoms with van der Waals surface area (Å²) in [7, 11) is 1.62. The highest BCUT2D eigenvalue weighted by atomic mass is 35.5. The standard InChI is InChI=1S/C20H30N2O5.ClH/c1-4-6-16-13-18(25-3)7-8-19(16)27-15-17(23)14-21-9-11-22(12-10-21)20(24)26-5-2;/h4,7-8,13,17,23H,1,5-6,9-12,14-15H2,2-3H3;1H. The van der Waals surface area contributed by atoms with E-state index in [0.717, 1.165) is 17.1 Å². The number of carbonyl (C=O) groups excluding carboxylic acids is 1. The van der Waals surface area contributed by atoms with Crippen LogP contribution in [0.5, 0.6) is 11.5 Å². The van der Waals surface area contributed by atoms with Crippen molar-refractivity contribution < 1.29 is 24.1 Å². The molecule has 1 fully saturated rings. The van der Waals surface area contributed by atoms with Gasteiger partial charge in [0.1, 0.15) is 24.2 Å². The largest absolute Gasteiger partial charge is 0.497 e. The summed E-state index contributed by atoms with van der Waals surface area (Å²) in [5, 5.41) is 10.3. The number of allylic oxidation sites excluding steroid dienone is 1. The summed E-state index contributed by atoms with van der Waals surface area (Å²) >= 11 is 0. The minimum absolute atomic E-state index is 0. The molecule has 1 saturated heterocycles. The van der Waals surface area contributed by atoms with Crippen molar-refractivity contribution in [3.8, 4) is 11.5 Å². The molecule has 7 nitrogen and oxygen atoms in total. The zero-order valence-corrected chi connectivity index (χ0v) is 17.5. The molecule has 2 rings (SSSR count). The van der Waals surface area contributed by atoms with E-state index in [1.165, 1.54) is 0 Å². The Hall–Kier alpha value is -1.96. The molecule has 0 aromatic heterocycles. The third-order valence-corrected chi connectivity index (χ3v) is 4.43. The first-order chi connectivity index (χ1) is 13.1. The molecule has 1 aromatic rings. The van der Waals surface area contributed by atoms with E-state index in [1.54, 1.807) is 25.0 Å². The van der Waals surface area contributed by atoms with E-state index in [9.17, 15) is 9.90 Å². The predicted molar refractivity (Wildman–Crippen MR) is 111 cm³/mol. The second kappa shape index (κ2) is 12.5. The minimum Gasteiger partial charge on any atom is -0.497 e.